The molecule has 0 spiro atoms. The molecule has 0 bridgehead atoms. The van der Waals surface area contributed by atoms with Crippen LogP contribution in [-0.2, 0) is 14.3 Å². The molecule has 1 aromatic carbocycles. The molecule has 2 atom stereocenters. The summed E-state index contributed by atoms with van der Waals surface area (Å²) in [4.78, 5) is 25.4. The number of rotatable bonds is 8. The number of hydrogen-bond donors (Lipinski definition) is 3. The number of nitrogens with one attached hydrogen (secondary N) is 2. The van der Waals surface area contributed by atoms with Crippen LogP contribution in [0.1, 0.15) is 19.3 Å². The van der Waals surface area contributed by atoms with Crippen LogP contribution in [0.5, 0.6) is 0 Å². The van der Waals surface area contributed by atoms with Gasteiger partial charge in [-0.05, 0) is 37.1 Å². The Kier molecular flexibility index (Phi) is 6.57. The van der Waals surface area contributed by atoms with E-state index in [2.05, 4.69) is 10.6 Å². The van der Waals surface area contributed by atoms with Crippen molar-refractivity contribution < 1.29 is 19.4 Å². The fourth-order valence-corrected chi connectivity index (χ4v) is 2.57. The van der Waals surface area contributed by atoms with Crippen LogP contribution in [0.2, 0.25) is 0 Å². The van der Waals surface area contributed by atoms with E-state index in [0.29, 0.717) is 18.8 Å². The number of amides is 1. The van der Waals surface area contributed by atoms with Gasteiger partial charge >= 0.3 is 5.97 Å². The number of nitrogens with zero attached hydrogens (tertiary/aromatic N) is 1. The molecular formula is C17H25N3O4. The van der Waals surface area contributed by atoms with Crippen molar-refractivity contribution in [2.24, 2.45) is 0 Å². The van der Waals surface area contributed by atoms with Crippen molar-refractivity contribution in [3.8, 4) is 0 Å². The Balaban J connectivity index is 1.84. The summed E-state index contributed by atoms with van der Waals surface area (Å²) < 4.78 is 5.45. The third-order valence-corrected chi connectivity index (χ3v) is 3.97. The molecule has 1 fully saturated rings. The second-order valence-electron chi connectivity index (χ2n) is 6.13. The van der Waals surface area contributed by atoms with E-state index in [-0.39, 0.29) is 18.4 Å². The first-order valence-corrected chi connectivity index (χ1v) is 8.10. The maximum absolute atomic E-state index is 12.1. The van der Waals surface area contributed by atoms with Gasteiger partial charge in [0, 0.05) is 38.6 Å². The topological polar surface area (TPSA) is 90.9 Å². The van der Waals surface area contributed by atoms with Crippen molar-refractivity contribution >= 4 is 23.3 Å². The summed E-state index contributed by atoms with van der Waals surface area (Å²) in [5.41, 5.74) is 1.67. The van der Waals surface area contributed by atoms with Gasteiger partial charge in [-0.2, -0.15) is 0 Å². The monoisotopic (exact) mass is 335 g/mol. The fourth-order valence-electron chi connectivity index (χ4n) is 2.57. The summed E-state index contributed by atoms with van der Waals surface area (Å²) in [6.45, 7) is 1.16. The quantitative estimate of drug-likeness (QED) is 0.663. The van der Waals surface area contributed by atoms with Gasteiger partial charge in [0.25, 0.3) is 0 Å². The molecule has 1 heterocycles. The summed E-state index contributed by atoms with van der Waals surface area (Å²) in [5.74, 6) is -1.37. The van der Waals surface area contributed by atoms with Crippen LogP contribution in [-0.4, -0.2) is 56.4 Å². The molecule has 0 aliphatic carbocycles. The van der Waals surface area contributed by atoms with Crippen molar-refractivity contribution in [1.29, 1.82) is 0 Å². The lowest BCUT2D eigenvalue weighted by Gasteiger charge is -2.17. The van der Waals surface area contributed by atoms with Gasteiger partial charge in [-0.25, -0.2) is 0 Å². The Labute approximate surface area is 142 Å². The van der Waals surface area contributed by atoms with Gasteiger partial charge in [0.15, 0.2) is 0 Å². The third kappa shape index (κ3) is 5.50. The largest absolute Gasteiger partial charge is 0.480 e. The van der Waals surface area contributed by atoms with Crippen LogP contribution in [0, 0.1) is 0 Å². The molecule has 2 unspecified atom stereocenters. The molecule has 1 saturated heterocycles. The van der Waals surface area contributed by atoms with Gasteiger partial charge in [0.1, 0.15) is 6.04 Å². The number of ether oxygens (including phenoxy) is 1. The van der Waals surface area contributed by atoms with E-state index in [9.17, 15) is 14.7 Å². The maximum Gasteiger partial charge on any atom is 0.321 e. The maximum atomic E-state index is 12.1. The number of carbonyl (C=O) groups excluding carboxylic acids is 1. The molecule has 7 heteroatoms. The predicted octanol–water partition coefficient (Wildman–Crippen LogP) is 1.30. The van der Waals surface area contributed by atoms with E-state index < -0.39 is 12.0 Å². The van der Waals surface area contributed by atoms with E-state index in [4.69, 9.17) is 4.74 Å². The van der Waals surface area contributed by atoms with Gasteiger partial charge in [-0.3, -0.25) is 9.59 Å². The molecule has 1 amide bonds. The van der Waals surface area contributed by atoms with Crippen molar-refractivity contribution in [1.82, 2.24) is 5.32 Å². The van der Waals surface area contributed by atoms with Crippen LogP contribution < -0.4 is 15.5 Å². The zero-order valence-electron chi connectivity index (χ0n) is 14.1. The first-order chi connectivity index (χ1) is 11.5. The van der Waals surface area contributed by atoms with Crippen LogP contribution in [0.15, 0.2) is 24.3 Å². The van der Waals surface area contributed by atoms with E-state index in [1.807, 2.05) is 31.1 Å². The predicted molar refractivity (Wildman–Crippen MR) is 92.4 cm³/mol. The Morgan fingerprint density at radius 2 is 2.04 bits per heavy atom. The average molecular weight is 335 g/mol. The molecule has 7 nitrogen and oxygen atoms in total. The summed E-state index contributed by atoms with van der Waals surface area (Å²) in [7, 11) is 3.87. The lowest BCUT2D eigenvalue weighted by molar-refractivity contribution is -0.141. The van der Waals surface area contributed by atoms with Crippen molar-refractivity contribution in [2.75, 3.05) is 37.5 Å². The summed E-state index contributed by atoms with van der Waals surface area (Å²) in [6, 6.07) is 6.45. The highest BCUT2D eigenvalue weighted by Gasteiger charge is 2.23. The first-order valence-electron chi connectivity index (χ1n) is 8.10. The minimum absolute atomic E-state index is 0.0356. The fraction of sp³-hybridized carbons (Fsp3) is 0.529. The standard InChI is InChI=1S/C17H25N3O4/c1-20(2)13-7-5-12(6-8-13)19-16(21)10-15(17(22)23)18-11-14-4-3-9-24-14/h5-8,14-15,18H,3-4,9-11H2,1-2H3,(H,19,21)(H,22,23). The minimum atomic E-state index is -1.04. The van der Waals surface area contributed by atoms with E-state index in [0.717, 1.165) is 18.5 Å². The molecule has 3 N–H and O–H groups in total. The summed E-state index contributed by atoms with van der Waals surface area (Å²) in [6.07, 6.45) is 1.82. The normalized spacial score (nSPS) is 18.2. The van der Waals surface area contributed by atoms with E-state index in [1.165, 1.54) is 0 Å². The van der Waals surface area contributed by atoms with Crippen molar-refractivity contribution in [3.63, 3.8) is 0 Å². The molecule has 0 saturated carbocycles. The lowest BCUT2D eigenvalue weighted by Crippen LogP contribution is -2.43. The van der Waals surface area contributed by atoms with Gasteiger partial charge in [-0.1, -0.05) is 0 Å². The zero-order valence-corrected chi connectivity index (χ0v) is 14.1. The molecular weight excluding hydrogens is 310 g/mol. The molecule has 0 aromatic heterocycles. The Morgan fingerprint density at radius 3 is 2.58 bits per heavy atom. The van der Waals surface area contributed by atoms with Gasteiger partial charge in [0.05, 0.1) is 12.5 Å². The zero-order chi connectivity index (χ0) is 17.5. The highest BCUT2D eigenvalue weighted by Crippen LogP contribution is 2.16. The molecule has 24 heavy (non-hydrogen) atoms. The first kappa shape index (κ1) is 18.2. The van der Waals surface area contributed by atoms with E-state index in [1.54, 1.807) is 12.1 Å². The number of carboxylic acids is 1. The average Bonchev–Trinajstić information content (AvgIpc) is 3.05. The smallest absolute Gasteiger partial charge is 0.321 e. The number of anilines is 2. The third-order valence-electron chi connectivity index (χ3n) is 3.97. The number of aliphatic carboxylic acids is 1. The van der Waals surface area contributed by atoms with Crippen LogP contribution in [0.25, 0.3) is 0 Å². The number of carboxylic acid groups (broad SMARTS) is 1. The van der Waals surface area contributed by atoms with E-state index >= 15 is 0 Å². The van der Waals surface area contributed by atoms with Crippen molar-refractivity contribution in [2.45, 2.75) is 31.4 Å². The SMILES string of the molecule is CN(C)c1ccc(NC(=O)CC(NCC2CCCO2)C(=O)O)cc1. The molecule has 1 aromatic rings. The molecule has 132 valence electrons. The number of carbonyl (C=O) groups is 2. The molecule has 0 radical (unpaired) electrons. The molecule has 1 aliphatic heterocycles. The van der Waals surface area contributed by atoms with Gasteiger partial charge in [0.2, 0.25) is 5.91 Å². The highest BCUT2D eigenvalue weighted by atomic mass is 16.5. The number of benzene rings is 1. The highest BCUT2D eigenvalue weighted by molar-refractivity contribution is 5.94. The van der Waals surface area contributed by atoms with Gasteiger partial charge < -0.3 is 25.4 Å². The van der Waals surface area contributed by atoms with Gasteiger partial charge in [-0.15, -0.1) is 0 Å². The number of hydrogen-bond acceptors (Lipinski definition) is 5. The Hall–Kier alpha value is -2.12. The van der Waals surface area contributed by atoms with Crippen LogP contribution in [0.4, 0.5) is 11.4 Å². The molecule has 2 rings (SSSR count). The minimum Gasteiger partial charge on any atom is -0.480 e. The van der Waals surface area contributed by atoms with Crippen molar-refractivity contribution in [3.05, 3.63) is 24.3 Å². The Morgan fingerprint density at radius 1 is 1.33 bits per heavy atom. The second-order valence-corrected chi connectivity index (χ2v) is 6.13. The molecule has 1 aliphatic rings. The van der Waals surface area contributed by atoms with Crippen LogP contribution >= 0.6 is 0 Å². The lowest BCUT2D eigenvalue weighted by atomic mass is 10.1. The second kappa shape index (κ2) is 8.65. The van der Waals surface area contributed by atoms with Crippen LogP contribution in [0.3, 0.4) is 0 Å². The summed E-state index contributed by atoms with van der Waals surface area (Å²) in [5, 5.41) is 14.9. The Bertz CT molecular complexity index is 553. The summed E-state index contributed by atoms with van der Waals surface area (Å²) >= 11 is 0.